The lowest BCUT2D eigenvalue weighted by atomic mass is 9.99. The van der Waals surface area contributed by atoms with Gasteiger partial charge >= 0.3 is 0 Å². The molecule has 2 unspecified atom stereocenters. The number of likely N-dealkylation sites (tertiary alicyclic amines) is 2. The van der Waals surface area contributed by atoms with Gasteiger partial charge in [-0.15, -0.1) is 0 Å². The Morgan fingerprint density at radius 3 is 1.68 bits per heavy atom. The zero-order chi connectivity index (χ0) is 42.6. The summed E-state index contributed by atoms with van der Waals surface area (Å²) in [6.07, 6.45) is 5.15. The van der Waals surface area contributed by atoms with Crippen molar-refractivity contribution in [1.29, 1.82) is 0 Å². The summed E-state index contributed by atoms with van der Waals surface area (Å²) < 4.78 is 0. The number of piperazine rings is 2. The summed E-state index contributed by atoms with van der Waals surface area (Å²) in [5.74, 6) is 0.244. The zero-order valence-electron chi connectivity index (χ0n) is 38.3. The molecule has 9 rings (SSSR count). The van der Waals surface area contributed by atoms with Crippen molar-refractivity contribution in [2.45, 2.75) is 137 Å². The Kier molecular flexibility index (Phi) is 16.8. The third kappa shape index (κ3) is 12.5. The summed E-state index contributed by atoms with van der Waals surface area (Å²) in [7, 11) is 0. The van der Waals surface area contributed by atoms with Gasteiger partial charge in [-0.3, -0.25) is 24.4 Å². The molecular formula is C53H76N6O. The van der Waals surface area contributed by atoms with Gasteiger partial charge in [0.2, 0.25) is 5.91 Å². The zero-order valence-corrected chi connectivity index (χ0v) is 38.3. The highest BCUT2D eigenvalue weighted by Gasteiger charge is 2.43. The fourth-order valence-corrected chi connectivity index (χ4v) is 9.62. The topological polar surface area (TPSA) is 36.5 Å². The lowest BCUT2D eigenvalue weighted by Crippen LogP contribution is -2.51. The predicted octanol–water partition coefficient (Wildman–Crippen LogP) is 9.39. The van der Waals surface area contributed by atoms with Gasteiger partial charge in [0.15, 0.2) is 0 Å². The van der Waals surface area contributed by atoms with Crippen molar-refractivity contribution in [3.63, 3.8) is 0 Å². The first-order chi connectivity index (χ1) is 29.0. The molecule has 5 heterocycles. The number of aryl methyl sites for hydroxylation is 1. The minimum atomic E-state index is 0.244. The highest BCUT2D eigenvalue weighted by atomic mass is 16.2. The minimum absolute atomic E-state index is 0.244. The SMILES string of the molecule is CC(C)N1CC2CC1CN2Cc1ccccc1.CC(C)N1CCCc2ccccc21.CC(C)N1CCN(Cc2ccccc2)C(=O)C1.CC(C)N1CCc2ccccc2C1. The molecule has 0 N–H and O–H groups in total. The van der Waals surface area contributed by atoms with E-state index >= 15 is 0 Å². The van der Waals surface area contributed by atoms with Crippen molar-refractivity contribution < 1.29 is 4.79 Å². The van der Waals surface area contributed by atoms with Crippen LogP contribution in [-0.4, -0.2) is 112 Å². The maximum absolute atomic E-state index is 12.0. The van der Waals surface area contributed by atoms with E-state index in [-0.39, 0.29) is 5.91 Å². The molecule has 4 aromatic carbocycles. The smallest absolute Gasteiger partial charge is 0.237 e. The van der Waals surface area contributed by atoms with E-state index in [4.69, 9.17) is 0 Å². The number of para-hydroxylation sites is 1. The lowest BCUT2D eigenvalue weighted by molar-refractivity contribution is -0.137. The van der Waals surface area contributed by atoms with Crippen LogP contribution in [0.25, 0.3) is 0 Å². The number of carbonyl (C=O) groups excluding carboxylic acids is 1. The van der Waals surface area contributed by atoms with E-state index in [1.165, 1.54) is 79.8 Å². The van der Waals surface area contributed by atoms with Gasteiger partial charge in [0, 0.05) is 101 Å². The van der Waals surface area contributed by atoms with Crippen molar-refractivity contribution in [2.24, 2.45) is 0 Å². The molecule has 7 heteroatoms. The Balaban J connectivity index is 0.000000135. The van der Waals surface area contributed by atoms with Gasteiger partial charge in [0.1, 0.15) is 0 Å². The summed E-state index contributed by atoms with van der Waals surface area (Å²) in [6.45, 7) is 28.4. The van der Waals surface area contributed by atoms with Gasteiger partial charge in [0.25, 0.3) is 0 Å². The number of carbonyl (C=O) groups is 1. The Bertz CT molecular complexity index is 1880. The molecule has 4 aromatic rings. The van der Waals surface area contributed by atoms with E-state index in [2.05, 4.69) is 171 Å². The first-order valence-corrected chi connectivity index (χ1v) is 23.2. The summed E-state index contributed by atoms with van der Waals surface area (Å²) in [5, 5.41) is 0. The minimum Gasteiger partial charge on any atom is -0.369 e. The van der Waals surface area contributed by atoms with E-state index in [0.717, 1.165) is 44.8 Å². The number of benzene rings is 4. The second-order valence-electron chi connectivity index (χ2n) is 18.7. The molecule has 0 aromatic heterocycles. The van der Waals surface area contributed by atoms with E-state index in [0.29, 0.717) is 30.7 Å². The molecule has 60 heavy (non-hydrogen) atoms. The molecule has 7 nitrogen and oxygen atoms in total. The fourth-order valence-electron chi connectivity index (χ4n) is 9.62. The maximum Gasteiger partial charge on any atom is 0.237 e. The van der Waals surface area contributed by atoms with Gasteiger partial charge in [0.05, 0.1) is 6.54 Å². The molecule has 5 aliphatic heterocycles. The molecule has 2 bridgehead atoms. The second-order valence-corrected chi connectivity index (χ2v) is 18.7. The number of amides is 1. The quantitative estimate of drug-likeness (QED) is 0.177. The fraction of sp³-hybridized carbons (Fsp3) is 0.528. The molecule has 1 amide bonds. The van der Waals surface area contributed by atoms with Crippen molar-refractivity contribution >= 4 is 11.6 Å². The van der Waals surface area contributed by atoms with Crippen LogP contribution < -0.4 is 4.90 Å². The molecule has 2 atom stereocenters. The third-order valence-electron chi connectivity index (χ3n) is 13.2. The Morgan fingerprint density at radius 2 is 1.10 bits per heavy atom. The van der Waals surface area contributed by atoms with E-state index in [1.54, 1.807) is 5.56 Å². The van der Waals surface area contributed by atoms with Crippen molar-refractivity contribution in [3.8, 4) is 0 Å². The molecule has 0 spiro atoms. The lowest BCUT2D eigenvalue weighted by Gasteiger charge is -2.36. The monoisotopic (exact) mass is 813 g/mol. The number of anilines is 1. The van der Waals surface area contributed by atoms with Gasteiger partial charge in [-0.2, -0.15) is 0 Å². The molecule has 3 saturated heterocycles. The van der Waals surface area contributed by atoms with Crippen molar-refractivity contribution in [1.82, 2.24) is 24.5 Å². The average molecular weight is 813 g/mol. The normalized spacial score (nSPS) is 20.6. The Hall–Kier alpha value is -4.01. The average Bonchev–Trinajstić information content (AvgIpc) is 3.87. The third-order valence-corrected chi connectivity index (χ3v) is 13.2. The molecule has 0 radical (unpaired) electrons. The summed E-state index contributed by atoms with van der Waals surface area (Å²) >= 11 is 0. The van der Waals surface area contributed by atoms with Crippen LogP contribution in [0.3, 0.4) is 0 Å². The molecule has 3 fully saturated rings. The van der Waals surface area contributed by atoms with Crippen LogP contribution in [0.4, 0.5) is 5.69 Å². The van der Waals surface area contributed by atoms with E-state index in [9.17, 15) is 4.79 Å². The van der Waals surface area contributed by atoms with E-state index < -0.39 is 0 Å². The Morgan fingerprint density at radius 1 is 0.517 bits per heavy atom. The van der Waals surface area contributed by atoms with Crippen LogP contribution in [-0.2, 0) is 37.3 Å². The number of rotatable bonds is 8. The van der Waals surface area contributed by atoms with Crippen LogP contribution in [0.5, 0.6) is 0 Å². The Labute approximate surface area is 364 Å². The largest absolute Gasteiger partial charge is 0.369 e. The molecular weight excluding hydrogens is 737 g/mol. The molecule has 5 aliphatic rings. The van der Waals surface area contributed by atoms with Crippen molar-refractivity contribution in [3.05, 3.63) is 137 Å². The van der Waals surface area contributed by atoms with E-state index in [1.807, 2.05) is 23.1 Å². The molecule has 0 aliphatic carbocycles. The van der Waals surface area contributed by atoms with Crippen LogP contribution in [0, 0.1) is 0 Å². The van der Waals surface area contributed by atoms with Crippen LogP contribution in [0.2, 0.25) is 0 Å². The number of hydrogen-bond donors (Lipinski definition) is 0. The van der Waals surface area contributed by atoms with Gasteiger partial charge in [-0.05, 0) is 115 Å². The first-order valence-electron chi connectivity index (χ1n) is 23.2. The maximum atomic E-state index is 12.0. The van der Waals surface area contributed by atoms with Gasteiger partial charge in [-0.1, -0.05) is 103 Å². The van der Waals surface area contributed by atoms with Gasteiger partial charge < -0.3 is 9.80 Å². The molecule has 324 valence electrons. The standard InChI is InChI=1S/C15H22N2.C14H20N2O.2C12H17N/c1-12(2)17-11-14-8-15(17)10-16(14)9-13-6-4-3-5-7-13;1-12(2)15-8-9-16(14(17)11-15)10-13-6-4-3-5-7-13;1-10(2)13-9-5-7-11-6-3-4-8-12(11)13;1-10(2)13-8-7-11-5-3-4-6-12(11)9-13/h3-7,12,14-15H,8-11H2,1-2H3;3-7,12H,8-11H2,1-2H3;3-4,6,8,10H,5,7,9H2,1-2H3;3-6,10H,7-9H2,1-2H3. The van der Waals surface area contributed by atoms with Crippen LogP contribution in [0.15, 0.2) is 109 Å². The summed E-state index contributed by atoms with van der Waals surface area (Å²) in [4.78, 5) is 26.5. The highest BCUT2D eigenvalue weighted by molar-refractivity contribution is 5.79. The first kappa shape index (κ1) is 45.5. The van der Waals surface area contributed by atoms with Gasteiger partial charge in [-0.25, -0.2) is 0 Å². The molecule has 0 saturated carbocycles. The summed E-state index contributed by atoms with van der Waals surface area (Å²) in [5.41, 5.74) is 8.68. The van der Waals surface area contributed by atoms with Crippen LogP contribution >= 0.6 is 0 Å². The summed E-state index contributed by atoms with van der Waals surface area (Å²) in [6, 6.07) is 42.7. The number of nitrogens with zero attached hydrogens (tertiary/aromatic N) is 6. The number of fused-ring (bicyclic) bond motifs is 4. The highest BCUT2D eigenvalue weighted by Crippen LogP contribution is 2.33. The number of hydrogen-bond acceptors (Lipinski definition) is 6. The van der Waals surface area contributed by atoms with Crippen molar-refractivity contribution in [2.75, 3.05) is 50.7 Å². The predicted molar refractivity (Wildman–Crippen MR) is 252 cm³/mol. The van der Waals surface area contributed by atoms with Crippen LogP contribution in [0.1, 0.15) is 96.0 Å². The second kappa shape index (κ2) is 22.2.